The number of aryl methyl sites for hydroxylation is 2. The number of amides is 2. The zero-order chi connectivity index (χ0) is 14.7. The van der Waals surface area contributed by atoms with E-state index in [1.165, 1.54) is 4.90 Å². The monoisotopic (exact) mass is 274 g/mol. The predicted octanol–water partition coefficient (Wildman–Crippen LogP) is 1.62. The van der Waals surface area contributed by atoms with Crippen LogP contribution in [-0.2, 0) is 11.8 Å². The Balaban J connectivity index is 2.44. The largest absolute Gasteiger partial charge is 0.341 e. The van der Waals surface area contributed by atoms with Gasteiger partial charge in [-0.15, -0.1) is 0 Å². The minimum atomic E-state index is -0.249. The van der Waals surface area contributed by atoms with Crippen LogP contribution in [0.5, 0.6) is 0 Å². The van der Waals surface area contributed by atoms with Crippen molar-refractivity contribution >= 4 is 29.0 Å². The van der Waals surface area contributed by atoms with Crippen molar-refractivity contribution in [2.75, 3.05) is 18.5 Å². The number of hydrogen-bond acceptors (Lipinski definition) is 3. The summed E-state index contributed by atoms with van der Waals surface area (Å²) in [7, 11) is 3.50. The molecule has 0 aromatic carbocycles. The molecular formula is C14H18N4O2. The van der Waals surface area contributed by atoms with Crippen molar-refractivity contribution in [2.24, 2.45) is 7.05 Å². The van der Waals surface area contributed by atoms with Gasteiger partial charge in [-0.1, -0.05) is 0 Å². The zero-order valence-corrected chi connectivity index (χ0v) is 11.9. The lowest BCUT2D eigenvalue weighted by atomic mass is 10.2. The van der Waals surface area contributed by atoms with E-state index in [4.69, 9.17) is 0 Å². The van der Waals surface area contributed by atoms with E-state index in [1.54, 1.807) is 13.2 Å². The van der Waals surface area contributed by atoms with E-state index in [-0.39, 0.29) is 6.03 Å². The lowest BCUT2D eigenvalue weighted by Crippen LogP contribution is -2.39. The molecule has 0 atom stereocenters. The molecule has 2 rings (SSSR count). The third-order valence-corrected chi connectivity index (χ3v) is 3.24. The summed E-state index contributed by atoms with van der Waals surface area (Å²) in [6.45, 7) is 2.34. The molecule has 2 heterocycles. The van der Waals surface area contributed by atoms with E-state index in [9.17, 15) is 9.59 Å². The second-order valence-corrected chi connectivity index (χ2v) is 4.65. The molecule has 0 aliphatic heterocycles. The number of aromatic nitrogens is 2. The molecule has 0 saturated heterocycles. The van der Waals surface area contributed by atoms with Crippen molar-refractivity contribution < 1.29 is 9.59 Å². The highest BCUT2D eigenvalue weighted by molar-refractivity contribution is 5.94. The fourth-order valence-electron chi connectivity index (χ4n) is 2.25. The van der Waals surface area contributed by atoms with E-state index in [0.717, 1.165) is 22.9 Å². The van der Waals surface area contributed by atoms with Crippen LogP contribution in [-0.4, -0.2) is 35.5 Å². The average Bonchev–Trinajstić information content (AvgIpc) is 2.74. The Kier molecular flexibility index (Phi) is 4.02. The summed E-state index contributed by atoms with van der Waals surface area (Å²) in [6, 6.07) is 1.68. The number of carbonyl (C=O) groups is 2. The first-order valence-electron chi connectivity index (χ1n) is 6.43. The first-order chi connectivity index (χ1) is 9.58. The summed E-state index contributed by atoms with van der Waals surface area (Å²) in [5.41, 5.74) is 2.66. The second-order valence-electron chi connectivity index (χ2n) is 4.65. The normalized spacial score (nSPS) is 10.6. The van der Waals surface area contributed by atoms with Crippen molar-refractivity contribution in [3.8, 4) is 0 Å². The molecule has 0 bridgehead atoms. The smallest absolute Gasteiger partial charge is 0.321 e. The van der Waals surface area contributed by atoms with Gasteiger partial charge in [0.25, 0.3) is 0 Å². The molecule has 0 radical (unpaired) electrons. The van der Waals surface area contributed by atoms with E-state index in [1.807, 2.05) is 30.8 Å². The lowest BCUT2D eigenvalue weighted by molar-refractivity contribution is -0.107. The summed E-state index contributed by atoms with van der Waals surface area (Å²) in [5, 5.41) is 3.58. The highest BCUT2D eigenvalue weighted by Crippen LogP contribution is 2.23. The van der Waals surface area contributed by atoms with Crippen LogP contribution in [0.15, 0.2) is 18.5 Å². The van der Waals surface area contributed by atoms with E-state index >= 15 is 0 Å². The number of pyridine rings is 1. The minimum absolute atomic E-state index is 0.249. The van der Waals surface area contributed by atoms with Gasteiger partial charge in [0.15, 0.2) is 0 Å². The highest BCUT2D eigenvalue weighted by atomic mass is 16.2. The van der Waals surface area contributed by atoms with Gasteiger partial charge in [0.2, 0.25) is 0 Å². The Labute approximate surface area is 117 Å². The summed E-state index contributed by atoms with van der Waals surface area (Å²) < 4.78 is 1.95. The molecule has 6 nitrogen and oxygen atoms in total. The maximum Gasteiger partial charge on any atom is 0.321 e. The van der Waals surface area contributed by atoms with E-state index in [2.05, 4.69) is 10.3 Å². The molecule has 20 heavy (non-hydrogen) atoms. The van der Waals surface area contributed by atoms with Gasteiger partial charge in [-0.3, -0.25) is 4.90 Å². The van der Waals surface area contributed by atoms with Crippen molar-refractivity contribution in [1.29, 1.82) is 0 Å². The second kappa shape index (κ2) is 5.73. The van der Waals surface area contributed by atoms with Gasteiger partial charge >= 0.3 is 6.03 Å². The Bertz CT molecular complexity index is 648. The first-order valence-corrected chi connectivity index (χ1v) is 6.43. The highest BCUT2D eigenvalue weighted by Gasteiger charge is 2.16. The number of rotatable bonds is 4. The summed E-state index contributed by atoms with van der Waals surface area (Å²) in [4.78, 5) is 28.4. The van der Waals surface area contributed by atoms with E-state index < -0.39 is 0 Å². The maximum absolute atomic E-state index is 11.9. The minimum Gasteiger partial charge on any atom is -0.341 e. The summed E-state index contributed by atoms with van der Waals surface area (Å²) >= 11 is 0. The van der Waals surface area contributed by atoms with Crippen LogP contribution >= 0.6 is 0 Å². The fraction of sp³-hybridized carbons (Fsp3) is 0.357. The van der Waals surface area contributed by atoms with Gasteiger partial charge in [0.05, 0.1) is 11.9 Å². The molecule has 0 saturated carbocycles. The van der Waals surface area contributed by atoms with Gasteiger partial charge in [0.1, 0.15) is 11.9 Å². The number of nitrogens with one attached hydrogen (secondary N) is 1. The standard InChI is InChI=1S/C14H18N4O2/c1-10-9-17(3)13-12(10)7-11(8-16-13)18(5-4-6-19)14(20)15-2/h6-9H,4-5H2,1-3H3,(H,15,20). The van der Waals surface area contributed by atoms with E-state index in [0.29, 0.717) is 18.7 Å². The quantitative estimate of drug-likeness (QED) is 0.861. The summed E-state index contributed by atoms with van der Waals surface area (Å²) in [5.74, 6) is 0. The fourth-order valence-corrected chi connectivity index (χ4v) is 2.25. The number of fused-ring (bicyclic) bond motifs is 1. The van der Waals surface area contributed by atoms with Crippen molar-refractivity contribution in [3.05, 3.63) is 24.0 Å². The van der Waals surface area contributed by atoms with Gasteiger partial charge in [0, 0.05) is 38.6 Å². The van der Waals surface area contributed by atoms with Gasteiger partial charge in [-0.05, 0) is 18.6 Å². The zero-order valence-electron chi connectivity index (χ0n) is 11.9. The molecule has 6 heteroatoms. The van der Waals surface area contributed by atoms with Gasteiger partial charge in [-0.25, -0.2) is 9.78 Å². The lowest BCUT2D eigenvalue weighted by Gasteiger charge is -2.21. The Morgan fingerprint density at radius 1 is 1.55 bits per heavy atom. The number of carbonyl (C=O) groups excluding carboxylic acids is 2. The average molecular weight is 274 g/mol. The number of nitrogens with zero attached hydrogens (tertiary/aromatic N) is 3. The van der Waals surface area contributed by atoms with Crippen molar-refractivity contribution in [2.45, 2.75) is 13.3 Å². The molecule has 0 fully saturated rings. The molecule has 0 spiro atoms. The van der Waals surface area contributed by atoms with Crippen LogP contribution in [0, 0.1) is 6.92 Å². The third-order valence-electron chi connectivity index (χ3n) is 3.24. The molecule has 2 aromatic rings. The first kappa shape index (κ1) is 14.0. The van der Waals surface area contributed by atoms with Crippen LogP contribution in [0.2, 0.25) is 0 Å². The number of urea groups is 1. The Hall–Kier alpha value is -2.37. The van der Waals surface area contributed by atoms with Crippen LogP contribution < -0.4 is 10.2 Å². The third kappa shape index (κ3) is 2.49. The topological polar surface area (TPSA) is 67.2 Å². The molecular weight excluding hydrogens is 256 g/mol. The molecule has 2 aromatic heterocycles. The van der Waals surface area contributed by atoms with Gasteiger partial charge < -0.3 is 14.7 Å². The molecule has 0 aliphatic rings. The summed E-state index contributed by atoms with van der Waals surface area (Å²) in [6.07, 6.45) is 4.74. The number of hydrogen-bond donors (Lipinski definition) is 1. The van der Waals surface area contributed by atoms with Crippen LogP contribution in [0.25, 0.3) is 11.0 Å². The molecule has 2 amide bonds. The van der Waals surface area contributed by atoms with Crippen LogP contribution in [0.3, 0.4) is 0 Å². The SMILES string of the molecule is CNC(=O)N(CCC=O)c1cnc2c(c1)c(C)cn2C. The van der Waals surface area contributed by atoms with Crippen LogP contribution in [0.4, 0.5) is 10.5 Å². The van der Waals surface area contributed by atoms with Crippen molar-refractivity contribution in [3.63, 3.8) is 0 Å². The maximum atomic E-state index is 11.9. The number of anilines is 1. The Morgan fingerprint density at radius 3 is 2.95 bits per heavy atom. The molecule has 106 valence electrons. The van der Waals surface area contributed by atoms with Crippen molar-refractivity contribution in [1.82, 2.24) is 14.9 Å². The predicted molar refractivity (Wildman–Crippen MR) is 77.9 cm³/mol. The molecule has 0 unspecified atom stereocenters. The number of aldehydes is 1. The molecule has 1 N–H and O–H groups in total. The van der Waals surface area contributed by atoms with Gasteiger partial charge in [-0.2, -0.15) is 0 Å². The Morgan fingerprint density at radius 2 is 2.30 bits per heavy atom. The molecule has 0 aliphatic carbocycles. The van der Waals surface area contributed by atoms with Crippen LogP contribution in [0.1, 0.15) is 12.0 Å².